The van der Waals surface area contributed by atoms with Crippen LogP contribution >= 0.6 is 11.8 Å². The summed E-state index contributed by atoms with van der Waals surface area (Å²) in [5.74, 6) is 1.80. The van der Waals surface area contributed by atoms with Crippen LogP contribution in [0.1, 0.15) is 19.8 Å². The van der Waals surface area contributed by atoms with E-state index in [4.69, 9.17) is 0 Å². The molecule has 1 aromatic heterocycles. The number of hydrogen-bond donors (Lipinski definition) is 1. The molecular formula is C14H23N5OS. The maximum Gasteiger partial charge on any atom is 0.241 e. The number of likely N-dealkylation sites (N-methyl/N-ethyl adjacent to an activating group) is 1. The fraction of sp³-hybridized carbons (Fsp3) is 0.643. The first-order valence-electron chi connectivity index (χ1n) is 7.30. The molecule has 0 unspecified atom stereocenters. The Morgan fingerprint density at radius 1 is 1.38 bits per heavy atom. The monoisotopic (exact) mass is 309 g/mol. The second-order valence-electron chi connectivity index (χ2n) is 5.12. The molecule has 21 heavy (non-hydrogen) atoms. The third-order valence-electron chi connectivity index (χ3n) is 3.43. The van der Waals surface area contributed by atoms with Gasteiger partial charge in [0.15, 0.2) is 5.16 Å². The molecule has 0 saturated carbocycles. The zero-order chi connectivity index (χ0) is 15.2. The molecule has 0 aromatic carbocycles. The largest absolute Gasteiger partial charge is 0.370 e. The molecule has 1 amide bonds. The predicted molar refractivity (Wildman–Crippen MR) is 87.1 cm³/mol. The van der Waals surface area contributed by atoms with Crippen LogP contribution < -0.4 is 10.2 Å². The van der Waals surface area contributed by atoms with Crippen molar-refractivity contribution in [3.05, 3.63) is 6.07 Å². The van der Waals surface area contributed by atoms with Crippen LogP contribution in [0.15, 0.2) is 11.2 Å². The number of carbonyl (C=O) groups excluding carboxylic acids is 1. The Morgan fingerprint density at radius 3 is 2.90 bits per heavy atom. The van der Waals surface area contributed by atoms with Gasteiger partial charge in [-0.25, -0.2) is 9.97 Å². The van der Waals surface area contributed by atoms with E-state index in [-0.39, 0.29) is 5.91 Å². The maximum absolute atomic E-state index is 12.0. The topological polar surface area (TPSA) is 61.4 Å². The lowest BCUT2D eigenvalue weighted by atomic mass is 10.3. The Labute approximate surface area is 130 Å². The van der Waals surface area contributed by atoms with Crippen LogP contribution in [0.25, 0.3) is 0 Å². The number of carbonyl (C=O) groups is 1. The van der Waals surface area contributed by atoms with E-state index in [0.29, 0.717) is 6.54 Å². The van der Waals surface area contributed by atoms with Crippen LogP contribution in [0.2, 0.25) is 0 Å². The van der Waals surface area contributed by atoms with Crippen molar-refractivity contribution in [2.24, 2.45) is 0 Å². The van der Waals surface area contributed by atoms with Crippen LogP contribution in [-0.2, 0) is 4.79 Å². The molecule has 0 aliphatic carbocycles. The van der Waals surface area contributed by atoms with Crippen molar-refractivity contribution in [1.82, 2.24) is 14.9 Å². The second-order valence-corrected chi connectivity index (χ2v) is 5.89. The smallest absolute Gasteiger partial charge is 0.241 e. The average molecular weight is 309 g/mol. The van der Waals surface area contributed by atoms with Crippen LogP contribution in [0.4, 0.5) is 11.6 Å². The number of hydrogen-bond acceptors (Lipinski definition) is 6. The van der Waals surface area contributed by atoms with Gasteiger partial charge in [0.25, 0.3) is 0 Å². The minimum Gasteiger partial charge on any atom is -0.370 e. The summed E-state index contributed by atoms with van der Waals surface area (Å²) in [5.41, 5.74) is 0. The summed E-state index contributed by atoms with van der Waals surface area (Å²) in [6, 6.07) is 1.94. The highest BCUT2D eigenvalue weighted by Crippen LogP contribution is 2.21. The van der Waals surface area contributed by atoms with Gasteiger partial charge in [-0.05, 0) is 19.1 Å². The van der Waals surface area contributed by atoms with E-state index < -0.39 is 0 Å². The fourth-order valence-electron chi connectivity index (χ4n) is 2.19. The maximum atomic E-state index is 12.0. The molecule has 1 aliphatic rings. The SMILES string of the molecule is CCCNc1cc(N2CCCN(C)C(=O)C2)nc(SC)n1. The van der Waals surface area contributed by atoms with E-state index in [1.807, 2.05) is 24.3 Å². The minimum atomic E-state index is 0.139. The molecule has 1 aromatic rings. The Balaban J connectivity index is 2.22. The van der Waals surface area contributed by atoms with Crippen molar-refractivity contribution >= 4 is 29.3 Å². The summed E-state index contributed by atoms with van der Waals surface area (Å²) in [6.07, 6.45) is 3.96. The minimum absolute atomic E-state index is 0.139. The number of nitrogens with zero attached hydrogens (tertiary/aromatic N) is 4. The van der Waals surface area contributed by atoms with Gasteiger partial charge in [0.2, 0.25) is 5.91 Å². The first-order valence-corrected chi connectivity index (χ1v) is 8.52. The van der Waals surface area contributed by atoms with Crippen molar-refractivity contribution in [3.8, 4) is 0 Å². The molecule has 0 radical (unpaired) electrons. The molecule has 6 nitrogen and oxygen atoms in total. The molecular weight excluding hydrogens is 286 g/mol. The number of amides is 1. The summed E-state index contributed by atoms with van der Waals surface area (Å²) < 4.78 is 0. The zero-order valence-electron chi connectivity index (χ0n) is 12.9. The van der Waals surface area contributed by atoms with E-state index in [1.165, 1.54) is 11.8 Å². The standard InChI is InChI=1S/C14H23N5OS/c1-4-6-15-11-9-12(17-14(16-11)21-3)19-8-5-7-18(2)13(20)10-19/h9H,4-8,10H2,1-3H3,(H,15,16,17). The number of anilines is 2. The molecule has 1 N–H and O–H groups in total. The van der Waals surface area contributed by atoms with Gasteiger partial charge in [-0.1, -0.05) is 18.7 Å². The van der Waals surface area contributed by atoms with Gasteiger partial charge in [0.1, 0.15) is 11.6 Å². The lowest BCUT2D eigenvalue weighted by molar-refractivity contribution is -0.127. The molecule has 1 aliphatic heterocycles. The molecule has 7 heteroatoms. The molecule has 0 spiro atoms. The van der Waals surface area contributed by atoms with Crippen molar-refractivity contribution < 1.29 is 4.79 Å². The summed E-state index contributed by atoms with van der Waals surface area (Å²) in [7, 11) is 1.85. The number of aromatic nitrogens is 2. The number of nitrogens with one attached hydrogen (secondary N) is 1. The predicted octanol–water partition coefficient (Wildman–Crippen LogP) is 1.69. The third-order valence-corrected chi connectivity index (χ3v) is 3.98. The van der Waals surface area contributed by atoms with Crippen molar-refractivity contribution in [2.75, 3.05) is 49.7 Å². The zero-order valence-corrected chi connectivity index (χ0v) is 13.7. The average Bonchev–Trinajstić information content (AvgIpc) is 2.67. The molecule has 2 rings (SSSR count). The summed E-state index contributed by atoms with van der Waals surface area (Å²) >= 11 is 1.52. The Morgan fingerprint density at radius 2 is 2.19 bits per heavy atom. The van der Waals surface area contributed by atoms with Gasteiger partial charge in [-0.15, -0.1) is 0 Å². The molecule has 0 bridgehead atoms. The van der Waals surface area contributed by atoms with E-state index in [9.17, 15) is 4.79 Å². The van der Waals surface area contributed by atoms with Crippen molar-refractivity contribution in [3.63, 3.8) is 0 Å². The van der Waals surface area contributed by atoms with Gasteiger partial charge < -0.3 is 15.1 Å². The van der Waals surface area contributed by atoms with E-state index in [1.54, 1.807) is 4.90 Å². The fourth-order valence-corrected chi connectivity index (χ4v) is 2.57. The van der Waals surface area contributed by atoms with Gasteiger partial charge in [0.05, 0.1) is 6.54 Å². The molecule has 1 fully saturated rings. The van der Waals surface area contributed by atoms with Gasteiger partial charge in [0, 0.05) is 32.7 Å². The van der Waals surface area contributed by atoms with Crippen LogP contribution in [-0.4, -0.2) is 60.3 Å². The highest BCUT2D eigenvalue weighted by molar-refractivity contribution is 7.98. The third kappa shape index (κ3) is 4.23. The molecule has 0 atom stereocenters. The highest BCUT2D eigenvalue weighted by atomic mass is 32.2. The van der Waals surface area contributed by atoms with Crippen molar-refractivity contribution in [2.45, 2.75) is 24.9 Å². The first kappa shape index (κ1) is 15.9. The summed E-state index contributed by atoms with van der Waals surface area (Å²) in [4.78, 5) is 24.9. The van der Waals surface area contributed by atoms with E-state index in [0.717, 1.165) is 49.3 Å². The van der Waals surface area contributed by atoms with Gasteiger partial charge in [-0.3, -0.25) is 4.79 Å². The van der Waals surface area contributed by atoms with E-state index >= 15 is 0 Å². The lowest BCUT2D eigenvalue weighted by Gasteiger charge is -2.21. The van der Waals surface area contributed by atoms with Crippen molar-refractivity contribution in [1.29, 1.82) is 0 Å². The summed E-state index contributed by atoms with van der Waals surface area (Å²) in [6.45, 7) is 5.03. The Bertz CT molecular complexity index is 496. The molecule has 2 heterocycles. The normalized spacial score (nSPS) is 16.0. The number of rotatable bonds is 5. The van der Waals surface area contributed by atoms with Gasteiger partial charge >= 0.3 is 0 Å². The van der Waals surface area contributed by atoms with E-state index in [2.05, 4.69) is 22.2 Å². The Hall–Kier alpha value is -1.50. The molecule has 116 valence electrons. The van der Waals surface area contributed by atoms with Crippen LogP contribution in [0, 0.1) is 0 Å². The van der Waals surface area contributed by atoms with Crippen LogP contribution in [0.5, 0.6) is 0 Å². The Kier molecular flexibility index (Phi) is 5.67. The first-order chi connectivity index (χ1) is 10.1. The van der Waals surface area contributed by atoms with Gasteiger partial charge in [-0.2, -0.15) is 0 Å². The highest BCUT2D eigenvalue weighted by Gasteiger charge is 2.21. The second kappa shape index (κ2) is 7.49. The van der Waals surface area contributed by atoms with Crippen LogP contribution in [0.3, 0.4) is 0 Å². The lowest BCUT2D eigenvalue weighted by Crippen LogP contribution is -2.34. The quantitative estimate of drug-likeness (QED) is 0.660. The molecule has 1 saturated heterocycles. The summed E-state index contributed by atoms with van der Waals surface area (Å²) in [5, 5.41) is 4.03. The number of thioether (sulfide) groups is 1.